The van der Waals surface area contributed by atoms with Crippen LogP contribution in [0.5, 0.6) is 0 Å². The van der Waals surface area contributed by atoms with Crippen LogP contribution in [-0.4, -0.2) is 41.0 Å². The lowest BCUT2D eigenvalue weighted by Crippen LogP contribution is -2.42. The first-order valence-electron chi connectivity index (χ1n) is 8.45. The van der Waals surface area contributed by atoms with E-state index in [9.17, 15) is 4.79 Å². The number of hydrogen-bond acceptors (Lipinski definition) is 5. The zero-order chi connectivity index (χ0) is 16.7. The fourth-order valence-electron chi connectivity index (χ4n) is 2.33. The lowest BCUT2D eigenvalue weighted by atomic mass is 10.1. The number of carbonyl (C=O) groups excluding carboxylic acids is 1. The molecule has 0 heterocycles. The molecule has 4 nitrogen and oxygen atoms in total. The minimum Gasteiger partial charge on any atom is -0.377 e. The van der Waals surface area contributed by atoms with Crippen LogP contribution in [0.4, 0.5) is 0 Å². The highest BCUT2D eigenvalue weighted by Gasteiger charge is 2.36. The molecule has 0 fully saturated rings. The van der Waals surface area contributed by atoms with Gasteiger partial charge in [-0.15, -0.1) is 0 Å². The van der Waals surface area contributed by atoms with Crippen molar-refractivity contribution in [2.45, 2.75) is 70.8 Å². The summed E-state index contributed by atoms with van der Waals surface area (Å²) in [5.41, 5.74) is 0. The second kappa shape index (κ2) is 14.7. The molecule has 132 valence electrons. The number of carbonyl (C=O) groups is 1. The van der Waals surface area contributed by atoms with Gasteiger partial charge in [-0.25, -0.2) is 0 Å². The van der Waals surface area contributed by atoms with Crippen LogP contribution in [0, 0.1) is 0 Å². The maximum atomic E-state index is 11.8. The van der Waals surface area contributed by atoms with E-state index in [1.807, 2.05) is 0 Å². The van der Waals surface area contributed by atoms with E-state index >= 15 is 0 Å². The quantitative estimate of drug-likeness (QED) is 0.317. The molecular weight excluding hydrogens is 316 g/mol. The Morgan fingerprint density at radius 3 is 1.95 bits per heavy atom. The molecule has 0 aromatic rings. The van der Waals surface area contributed by atoms with Gasteiger partial charge in [-0.3, -0.25) is 4.79 Å². The van der Waals surface area contributed by atoms with Crippen molar-refractivity contribution in [2.24, 2.45) is 0 Å². The predicted octanol–water partition coefficient (Wildman–Crippen LogP) is 4.66. The van der Waals surface area contributed by atoms with Crippen LogP contribution < -0.4 is 0 Å². The third kappa shape index (κ3) is 10.8. The van der Waals surface area contributed by atoms with Gasteiger partial charge in [0.1, 0.15) is 0 Å². The molecule has 0 aliphatic carbocycles. The number of hydrogen-bond donors (Lipinski definition) is 0. The standard InChI is InChI=1S/C16H34O4SSi/c1-5-6-7-8-9-10-11-13-16(17)21-14-12-15-22(18-2,19-3)20-4/h5-15H2,1-4H3. The minimum atomic E-state index is -2.46. The van der Waals surface area contributed by atoms with Gasteiger partial charge in [0.2, 0.25) is 0 Å². The molecule has 0 bridgehead atoms. The van der Waals surface area contributed by atoms with E-state index in [2.05, 4.69) is 6.92 Å². The van der Waals surface area contributed by atoms with E-state index in [1.165, 1.54) is 50.3 Å². The Hall–Kier alpha value is 0.117. The molecular formula is C16H34O4SSi. The summed E-state index contributed by atoms with van der Waals surface area (Å²) in [5, 5.41) is 0.313. The van der Waals surface area contributed by atoms with Gasteiger partial charge >= 0.3 is 8.80 Å². The van der Waals surface area contributed by atoms with Crippen LogP contribution in [0.3, 0.4) is 0 Å². The Labute approximate surface area is 142 Å². The fourth-order valence-corrected chi connectivity index (χ4v) is 5.11. The number of unbranched alkanes of at least 4 members (excludes halogenated alkanes) is 6. The summed E-state index contributed by atoms with van der Waals surface area (Å²) >= 11 is 1.44. The van der Waals surface area contributed by atoms with Gasteiger partial charge in [0.05, 0.1) is 0 Å². The minimum absolute atomic E-state index is 0.313. The lowest BCUT2D eigenvalue weighted by Gasteiger charge is -2.23. The van der Waals surface area contributed by atoms with Gasteiger partial charge < -0.3 is 13.3 Å². The van der Waals surface area contributed by atoms with E-state index in [0.717, 1.165) is 24.6 Å². The Morgan fingerprint density at radius 1 is 0.864 bits per heavy atom. The highest BCUT2D eigenvalue weighted by Crippen LogP contribution is 2.19. The lowest BCUT2D eigenvalue weighted by molar-refractivity contribution is -0.111. The summed E-state index contributed by atoms with van der Waals surface area (Å²) in [6, 6.07) is 0.758. The van der Waals surface area contributed by atoms with Gasteiger partial charge in [-0.2, -0.15) is 0 Å². The van der Waals surface area contributed by atoms with Crippen LogP contribution in [0.2, 0.25) is 6.04 Å². The van der Waals surface area contributed by atoms with Crippen LogP contribution in [0.25, 0.3) is 0 Å². The maximum Gasteiger partial charge on any atom is 0.500 e. The summed E-state index contributed by atoms with van der Waals surface area (Å²) in [6.45, 7) is 2.23. The Balaban J connectivity index is 3.54. The Bertz CT molecular complexity index is 265. The van der Waals surface area contributed by atoms with Crippen molar-refractivity contribution in [3.05, 3.63) is 0 Å². The molecule has 0 N–H and O–H groups in total. The molecule has 0 atom stereocenters. The Kier molecular flexibility index (Phi) is 14.8. The zero-order valence-corrected chi connectivity index (χ0v) is 16.6. The Morgan fingerprint density at radius 2 is 1.41 bits per heavy atom. The largest absolute Gasteiger partial charge is 0.500 e. The second-order valence-corrected chi connectivity index (χ2v) is 9.73. The van der Waals surface area contributed by atoms with Crippen LogP contribution in [0.1, 0.15) is 64.7 Å². The molecule has 0 saturated carbocycles. The van der Waals surface area contributed by atoms with Crippen LogP contribution in [0.15, 0.2) is 0 Å². The normalized spacial score (nSPS) is 11.8. The van der Waals surface area contributed by atoms with Crippen molar-refractivity contribution in [1.29, 1.82) is 0 Å². The van der Waals surface area contributed by atoms with Crippen LogP contribution >= 0.6 is 11.8 Å². The van der Waals surface area contributed by atoms with Crippen LogP contribution in [-0.2, 0) is 18.1 Å². The van der Waals surface area contributed by atoms with Gasteiger partial charge in [0.15, 0.2) is 5.12 Å². The van der Waals surface area contributed by atoms with E-state index in [-0.39, 0.29) is 0 Å². The molecule has 0 aliphatic rings. The third-order valence-corrected chi connectivity index (χ3v) is 7.66. The molecule has 0 aromatic heterocycles. The van der Waals surface area contributed by atoms with Crippen molar-refractivity contribution >= 4 is 25.7 Å². The van der Waals surface area contributed by atoms with Crippen molar-refractivity contribution in [1.82, 2.24) is 0 Å². The van der Waals surface area contributed by atoms with Gasteiger partial charge in [0, 0.05) is 39.5 Å². The SMILES string of the molecule is CCCCCCCCCC(=O)SCCC[Si](OC)(OC)OC. The average molecular weight is 351 g/mol. The molecule has 0 spiro atoms. The first kappa shape index (κ1) is 22.1. The summed E-state index contributed by atoms with van der Waals surface area (Å²) < 4.78 is 16.1. The van der Waals surface area contributed by atoms with Crippen molar-refractivity contribution < 1.29 is 18.1 Å². The molecule has 0 amide bonds. The summed E-state index contributed by atoms with van der Waals surface area (Å²) in [5.74, 6) is 0.820. The zero-order valence-electron chi connectivity index (χ0n) is 14.8. The summed E-state index contributed by atoms with van der Waals surface area (Å²) in [4.78, 5) is 11.8. The molecule has 0 aromatic carbocycles. The number of rotatable bonds is 15. The van der Waals surface area contributed by atoms with Crippen molar-refractivity contribution in [2.75, 3.05) is 27.1 Å². The van der Waals surface area contributed by atoms with Gasteiger partial charge in [-0.05, 0) is 12.8 Å². The fraction of sp³-hybridized carbons (Fsp3) is 0.938. The molecule has 0 saturated heterocycles. The highest BCUT2D eigenvalue weighted by atomic mass is 32.2. The first-order valence-corrected chi connectivity index (χ1v) is 11.4. The first-order chi connectivity index (χ1) is 10.6. The molecule has 0 radical (unpaired) electrons. The smallest absolute Gasteiger partial charge is 0.377 e. The molecule has 0 aliphatic heterocycles. The number of thioether (sulfide) groups is 1. The van der Waals surface area contributed by atoms with E-state index in [0.29, 0.717) is 11.5 Å². The summed E-state index contributed by atoms with van der Waals surface area (Å²) in [7, 11) is 2.41. The van der Waals surface area contributed by atoms with Gasteiger partial charge in [0.25, 0.3) is 0 Å². The highest BCUT2D eigenvalue weighted by molar-refractivity contribution is 8.13. The topological polar surface area (TPSA) is 44.8 Å². The monoisotopic (exact) mass is 350 g/mol. The van der Waals surface area contributed by atoms with Crippen molar-refractivity contribution in [3.8, 4) is 0 Å². The second-order valence-electron chi connectivity index (χ2n) is 5.49. The van der Waals surface area contributed by atoms with Gasteiger partial charge in [-0.1, -0.05) is 57.2 Å². The van der Waals surface area contributed by atoms with Crippen molar-refractivity contribution in [3.63, 3.8) is 0 Å². The molecule has 0 unspecified atom stereocenters. The van der Waals surface area contributed by atoms with E-state index in [4.69, 9.17) is 13.3 Å². The average Bonchev–Trinajstić information content (AvgIpc) is 2.55. The molecule has 22 heavy (non-hydrogen) atoms. The predicted molar refractivity (Wildman–Crippen MR) is 96.3 cm³/mol. The third-order valence-electron chi connectivity index (χ3n) is 3.81. The van der Waals surface area contributed by atoms with E-state index < -0.39 is 8.80 Å². The van der Waals surface area contributed by atoms with E-state index in [1.54, 1.807) is 21.3 Å². The molecule has 0 rings (SSSR count). The maximum absolute atomic E-state index is 11.8. The molecule has 6 heteroatoms. The summed E-state index contributed by atoms with van der Waals surface area (Å²) in [6.07, 6.45) is 10.3.